The SMILES string of the molecule is O=C(O)c1ccc2c3c(ccc2c1)Oc1ccc2cc(C(=O)O)ccc2c1C3c1ccc(Cl)cc1. The number of rotatable bonds is 3. The fraction of sp³-hybridized carbons (Fsp3) is 0.0345. The van der Waals surface area contributed by atoms with Gasteiger partial charge in [-0.3, -0.25) is 0 Å². The summed E-state index contributed by atoms with van der Waals surface area (Å²) < 4.78 is 6.37. The van der Waals surface area contributed by atoms with Gasteiger partial charge in [-0.25, -0.2) is 9.59 Å². The number of hydrogen-bond acceptors (Lipinski definition) is 3. The lowest BCUT2D eigenvalue weighted by Crippen LogP contribution is -2.13. The van der Waals surface area contributed by atoms with Gasteiger partial charge < -0.3 is 14.9 Å². The van der Waals surface area contributed by atoms with Crippen LogP contribution in [0.25, 0.3) is 21.5 Å². The molecule has 0 amide bonds. The molecule has 0 aliphatic carbocycles. The lowest BCUT2D eigenvalue weighted by atomic mass is 9.78. The predicted molar refractivity (Wildman–Crippen MR) is 134 cm³/mol. The van der Waals surface area contributed by atoms with Crippen LogP contribution < -0.4 is 4.74 Å². The average molecular weight is 481 g/mol. The second-order valence-corrected chi connectivity index (χ2v) is 8.96. The molecule has 0 saturated heterocycles. The van der Waals surface area contributed by atoms with Crippen molar-refractivity contribution in [1.82, 2.24) is 0 Å². The standard InChI is InChI=1S/C29H17ClO5/c30-20-7-1-15(2-8-20)25-26-21-9-3-18(28(31)32)13-16(21)5-11-23(26)35-24-12-6-17-14-19(29(33)34)4-10-22(17)27(24)25/h1-14,25H,(H,31,32)(H,33,34). The second-order valence-electron chi connectivity index (χ2n) is 8.52. The number of carbonyl (C=O) groups is 2. The summed E-state index contributed by atoms with van der Waals surface area (Å²) >= 11 is 6.20. The van der Waals surface area contributed by atoms with Crippen molar-refractivity contribution in [1.29, 1.82) is 0 Å². The number of hydrogen-bond donors (Lipinski definition) is 2. The van der Waals surface area contributed by atoms with E-state index in [2.05, 4.69) is 0 Å². The molecule has 35 heavy (non-hydrogen) atoms. The average Bonchev–Trinajstić information content (AvgIpc) is 2.86. The monoisotopic (exact) mass is 480 g/mol. The Bertz CT molecular complexity index is 1580. The highest BCUT2D eigenvalue weighted by molar-refractivity contribution is 6.30. The Balaban J connectivity index is 1.68. The Morgan fingerprint density at radius 3 is 1.60 bits per heavy atom. The second kappa shape index (κ2) is 7.86. The van der Waals surface area contributed by atoms with Crippen molar-refractivity contribution in [3.8, 4) is 11.5 Å². The van der Waals surface area contributed by atoms with Gasteiger partial charge in [-0.05, 0) is 75.6 Å². The van der Waals surface area contributed by atoms with Crippen molar-refractivity contribution in [2.75, 3.05) is 0 Å². The van der Waals surface area contributed by atoms with Crippen molar-refractivity contribution in [3.63, 3.8) is 0 Å². The molecule has 0 radical (unpaired) electrons. The smallest absolute Gasteiger partial charge is 0.335 e. The highest BCUT2D eigenvalue weighted by atomic mass is 35.5. The van der Waals surface area contributed by atoms with Gasteiger partial charge in [0.25, 0.3) is 0 Å². The van der Waals surface area contributed by atoms with Crippen LogP contribution in [0.1, 0.15) is 43.3 Å². The van der Waals surface area contributed by atoms with Crippen molar-refractivity contribution < 1.29 is 24.5 Å². The van der Waals surface area contributed by atoms with Gasteiger partial charge in [-0.1, -0.05) is 48.0 Å². The van der Waals surface area contributed by atoms with E-state index in [1.54, 1.807) is 24.3 Å². The van der Waals surface area contributed by atoms with Crippen LogP contribution in [-0.4, -0.2) is 22.2 Å². The van der Waals surface area contributed by atoms with Crippen molar-refractivity contribution in [3.05, 3.63) is 118 Å². The third-order valence-electron chi connectivity index (χ3n) is 6.54. The minimum absolute atomic E-state index is 0.212. The molecule has 5 aromatic carbocycles. The number of fused-ring (bicyclic) bond motifs is 6. The maximum absolute atomic E-state index is 11.6. The molecule has 0 spiro atoms. The molecular weight excluding hydrogens is 464 g/mol. The van der Waals surface area contributed by atoms with E-state index in [-0.39, 0.29) is 17.0 Å². The Hall–Kier alpha value is -4.35. The molecule has 5 nitrogen and oxygen atoms in total. The lowest BCUT2D eigenvalue weighted by molar-refractivity contribution is 0.0686. The molecule has 0 bridgehead atoms. The van der Waals surface area contributed by atoms with Gasteiger partial charge in [0.2, 0.25) is 0 Å². The first-order chi connectivity index (χ1) is 16.9. The van der Waals surface area contributed by atoms with Crippen LogP contribution in [0.15, 0.2) is 84.9 Å². The Kier molecular flexibility index (Phi) is 4.76. The predicted octanol–water partition coefficient (Wildman–Crippen LogP) is 7.33. The first kappa shape index (κ1) is 21.2. The molecule has 0 fully saturated rings. The molecule has 0 unspecified atom stereocenters. The molecule has 0 atom stereocenters. The van der Waals surface area contributed by atoms with Crippen LogP contribution in [-0.2, 0) is 0 Å². The van der Waals surface area contributed by atoms with Gasteiger partial charge in [0.1, 0.15) is 11.5 Å². The summed E-state index contributed by atoms with van der Waals surface area (Å²) in [6.45, 7) is 0. The van der Waals surface area contributed by atoms with Gasteiger partial charge in [-0.15, -0.1) is 0 Å². The van der Waals surface area contributed by atoms with E-state index in [1.807, 2.05) is 60.7 Å². The van der Waals surface area contributed by atoms with Crippen LogP contribution in [0.2, 0.25) is 5.02 Å². The number of benzene rings is 5. The molecule has 170 valence electrons. The lowest BCUT2D eigenvalue weighted by Gasteiger charge is -2.31. The summed E-state index contributed by atoms with van der Waals surface area (Å²) in [5.41, 5.74) is 3.26. The fourth-order valence-electron chi connectivity index (χ4n) is 4.96. The first-order valence-electron chi connectivity index (χ1n) is 10.9. The van der Waals surface area contributed by atoms with Gasteiger partial charge in [0, 0.05) is 22.1 Å². The van der Waals surface area contributed by atoms with E-state index < -0.39 is 11.9 Å². The summed E-state index contributed by atoms with van der Waals surface area (Å²) in [5, 5.41) is 22.9. The molecule has 1 aliphatic heterocycles. The summed E-state index contributed by atoms with van der Waals surface area (Å²) in [5.74, 6) is -0.838. The normalized spacial score (nSPS) is 12.7. The topological polar surface area (TPSA) is 83.8 Å². The molecular formula is C29H17ClO5. The summed E-state index contributed by atoms with van der Waals surface area (Å²) in [6.07, 6.45) is 0. The summed E-state index contributed by atoms with van der Waals surface area (Å²) in [4.78, 5) is 23.1. The fourth-order valence-corrected chi connectivity index (χ4v) is 5.08. The summed E-state index contributed by atoms with van der Waals surface area (Å²) in [7, 11) is 0. The number of carboxylic acids is 2. The van der Waals surface area contributed by atoms with E-state index >= 15 is 0 Å². The third kappa shape index (κ3) is 3.40. The highest BCUT2D eigenvalue weighted by Gasteiger charge is 2.32. The molecule has 6 rings (SSSR count). The number of halogens is 1. The van der Waals surface area contributed by atoms with E-state index in [0.717, 1.165) is 38.2 Å². The van der Waals surface area contributed by atoms with Crippen molar-refractivity contribution in [2.45, 2.75) is 5.92 Å². The molecule has 0 saturated carbocycles. The zero-order valence-corrected chi connectivity index (χ0v) is 18.9. The largest absolute Gasteiger partial charge is 0.478 e. The Morgan fingerprint density at radius 1 is 0.657 bits per heavy atom. The molecule has 5 aromatic rings. The highest BCUT2D eigenvalue weighted by Crippen LogP contribution is 2.52. The van der Waals surface area contributed by atoms with Gasteiger partial charge >= 0.3 is 11.9 Å². The van der Waals surface area contributed by atoms with Crippen molar-refractivity contribution >= 4 is 45.1 Å². The third-order valence-corrected chi connectivity index (χ3v) is 6.79. The number of carboxylic acid groups (broad SMARTS) is 2. The number of ether oxygens (including phenoxy) is 1. The van der Waals surface area contributed by atoms with Crippen molar-refractivity contribution in [2.24, 2.45) is 0 Å². The van der Waals surface area contributed by atoms with Crippen LogP contribution in [0.3, 0.4) is 0 Å². The van der Waals surface area contributed by atoms with Gasteiger partial charge in [0.15, 0.2) is 0 Å². The summed E-state index contributed by atoms with van der Waals surface area (Å²) in [6, 6.07) is 25.3. The first-order valence-corrected chi connectivity index (χ1v) is 11.3. The van der Waals surface area contributed by atoms with Crippen LogP contribution in [0.5, 0.6) is 11.5 Å². The zero-order valence-electron chi connectivity index (χ0n) is 18.2. The minimum atomic E-state index is -0.985. The van der Waals surface area contributed by atoms with Crippen LogP contribution >= 0.6 is 11.6 Å². The van der Waals surface area contributed by atoms with Crippen LogP contribution in [0, 0.1) is 0 Å². The van der Waals surface area contributed by atoms with Crippen LogP contribution in [0.4, 0.5) is 0 Å². The maximum Gasteiger partial charge on any atom is 0.335 e. The quantitative estimate of drug-likeness (QED) is 0.277. The Morgan fingerprint density at radius 2 is 1.14 bits per heavy atom. The molecule has 0 aromatic heterocycles. The molecule has 1 aliphatic rings. The molecule has 6 heteroatoms. The van der Waals surface area contributed by atoms with Gasteiger partial charge in [-0.2, -0.15) is 0 Å². The molecule has 2 N–H and O–H groups in total. The molecule has 1 heterocycles. The van der Waals surface area contributed by atoms with Gasteiger partial charge in [0.05, 0.1) is 11.1 Å². The van der Waals surface area contributed by atoms with E-state index in [4.69, 9.17) is 16.3 Å². The number of aromatic carboxylic acids is 2. The van der Waals surface area contributed by atoms with E-state index in [1.165, 1.54) is 0 Å². The zero-order chi connectivity index (χ0) is 24.3. The Labute approximate surface area is 204 Å². The minimum Gasteiger partial charge on any atom is -0.478 e. The maximum atomic E-state index is 11.6. The van der Waals surface area contributed by atoms with E-state index in [0.29, 0.717) is 16.5 Å². The van der Waals surface area contributed by atoms with E-state index in [9.17, 15) is 19.8 Å².